The van der Waals surface area contributed by atoms with Gasteiger partial charge in [0.2, 0.25) is 0 Å². The lowest BCUT2D eigenvalue weighted by atomic mass is 9.89. The van der Waals surface area contributed by atoms with Gasteiger partial charge < -0.3 is 15.4 Å². The van der Waals surface area contributed by atoms with Crippen LogP contribution in [0.4, 0.5) is 0 Å². The summed E-state index contributed by atoms with van der Waals surface area (Å²) in [4.78, 5) is 6.84. The molecular formula is C9H13N3OS. The standard InChI is InChI=1S/C9H13N3OS/c13-9(2-5-10-6-3-9)7-1-4-11-8(14)12-7/h1,4,10,13H,2-3,5-6H2,(H,11,12,14). The average molecular weight is 211 g/mol. The van der Waals surface area contributed by atoms with E-state index in [0.717, 1.165) is 18.8 Å². The Kier molecular flexibility index (Phi) is 2.62. The molecule has 1 aliphatic heterocycles. The van der Waals surface area contributed by atoms with Gasteiger partial charge in [-0.05, 0) is 44.2 Å². The highest BCUT2D eigenvalue weighted by molar-refractivity contribution is 7.71. The Balaban J connectivity index is 2.32. The van der Waals surface area contributed by atoms with Crippen LogP contribution in [-0.4, -0.2) is 28.2 Å². The second-order valence-electron chi connectivity index (χ2n) is 3.57. The van der Waals surface area contributed by atoms with E-state index in [2.05, 4.69) is 15.3 Å². The number of H-pyrrole nitrogens is 1. The average Bonchev–Trinajstić information content (AvgIpc) is 2.19. The van der Waals surface area contributed by atoms with Crippen LogP contribution >= 0.6 is 12.2 Å². The number of aliphatic hydroxyl groups is 1. The molecule has 1 aromatic rings. The molecule has 2 rings (SSSR count). The predicted octanol–water partition coefficient (Wildman–Crippen LogP) is 0.710. The Labute approximate surface area is 87.4 Å². The highest BCUT2D eigenvalue weighted by Crippen LogP contribution is 2.28. The maximum Gasteiger partial charge on any atom is 0.197 e. The molecule has 14 heavy (non-hydrogen) atoms. The maximum absolute atomic E-state index is 10.3. The maximum atomic E-state index is 10.3. The minimum Gasteiger partial charge on any atom is -0.384 e. The molecule has 0 saturated carbocycles. The van der Waals surface area contributed by atoms with Crippen LogP contribution in [0, 0.1) is 4.77 Å². The Hall–Kier alpha value is -0.780. The number of piperidine rings is 1. The molecule has 0 aromatic carbocycles. The lowest BCUT2D eigenvalue weighted by Gasteiger charge is -2.32. The molecule has 4 nitrogen and oxygen atoms in total. The van der Waals surface area contributed by atoms with Gasteiger partial charge in [-0.1, -0.05) is 0 Å². The number of hydrogen-bond acceptors (Lipinski definition) is 4. The molecule has 3 N–H and O–H groups in total. The van der Waals surface area contributed by atoms with Crippen LogP contribution in [-0.2, 0) is 5.60 Å². The van der Waals surface area contributed by atoms with E-state index in [1.807, 2.05) is 0 Å². The first-order chi connectivity index (χ1) is 6.71. The highest BCUT2D eigenvalue weighted by Gasteiger charge is 2.31. The molecule has 0 amide bonds. The van der Waals surface area contributed by atoms with Gasteiger partial charge in [-0.2, -0.15) is 0 Å². The van der Waals surface area contributed by atoms with Gasteiger partial charge in [-0.15, -0.1) is 0 Å². The smallest absolute Gasteiger partial charge is 0.197 e. The van der Waals surface area contributed by atoms with Gasteiger partial charge in [0.15, 0.2) is 4.77 Å². The largest absolute Gasteiger partial charge is 0.384 e. The predicted molar refractivity (Wildman–Crippen MR) is 55.4 cm³/mol. The molecule has 0 bridgehead atoms. The lowest BCUT2D eigenvalue weighted by molar-refractivity contribution is 0.00165. The molecule has 1 fully saturated rings. The summed E-state index contributed by atoms with van der Waals surface area (Å²) in [5.74, 6) is 0. The first-order valence-corrected chi connectivity index (χ1v) is 5.10. The van der Waals surface area contributed by atoms with Crippen LogP contribution < -0.4 is 5.32 Å². The quantitative estimate of drug-likeness (QED) is 0.599. The molecule has 5 heteroatoms. The Bertz CT molecular complexity index is 370. The second-order valence-corrected chi connectivity index (χ2v) is 3.96. The Morgan fingerprint density at radius 2 is 2.14 bits per heavy atom. The summed E-state index contributed by atoms with van der Waals surface area (Å²) in [6.07, 6.45) is 3.05. The Morgan fingerprint density at radius 1 is 1.43 bits per heavy atom. The number of hydrogen-bond donors (Lipinski definition) is 3. The molecular weight excluding hydrogens is 198 g/mol. The molecule has 1 saturated heterocycles. The summed E-state index contributed by atoms with van der Waals surface area (Å²) < 4.78 is 0.425. The van der Waals surface area contributed by atoms with E-state index in [9.17, 15) is 5.11 Å². The zero-order chi connectivity index (χ0) is 10.0. The molecule has 0 radical (unpaired) electrons. The summed E-state index contributed by atoms with van der Waals surface area (Å²) in [5.41, 5.74) is 0.0147. The fourth-order valence-electron chi connectivity index (χ4n) is 1.75. The van der Waals surface area contributed by atoms with Gasteiger partial charge in [-0.3, -0.25) is 0 Å². The van der Waals surface area contributed by atoms with E-state index >= 15 is 0 Å². The second kappa shape index (κ2) is 3.76. The lowest BCUT2D eigenvalue weighted by Crippen LogP contribution is -2.40. The van der Waals surface area contributed by atoms with Crippen molar-refractivity contribution >= 4 is 12.2 Å². The fraction of sp³-hybridized carbons (Fsp3) is 0.556. The number of rotatable bonds is 1. The van der Waals surface area contributed by atoms with Crippen LogP contribution in [0.1, 0.15) is 18.5 Å². The van der Waals surface area contributed by atoms with Crippen molar-refractivity contribution in [2.45, 2.75) is 18.4 Å². The number of aromatic amines is 1. The summed E-state index contributed by atoms with van der Waals surface area (Å²) in [5, 5.41) is 13.5. The van der Waals surface area contributed by atoms with E-state index in [0.29, 0.717) is 17.6 Å². The van der Waals surface area contributed by atoms with Crippen LogP contribution in [0.15, 0.2) is 12.3 Å². The monoisotopic (exact) mass is 211 g/mol. The van der Waals surface area contributed by atoms with Gasteiger partial charge in [0.25, 0.3) is 0 Å². The Morgan fingerprint density at radius 3 is 2.79 bits per heavy atom. The van der Waals surface area contributed by atoms with Crippen LogP contribution in [0.2, 0.25) is 0 Å². The van der Waals surface area contributed by atoms with Crippen LogP contribution in [0.25, 0.3) is 0 Å². The molecule has 1 aromatic heterocycles. The zero-order valence-corrected chi connectivity index (χ0v) is 8.60. The number of nitrogens with one attached hydrogen (secondary N) is 2. The SMILES string of the molecule is OC1(c2ccnc(=S)[nH]2)CCNCC1. The van der Waals surface area contributed by atoms with E-state index in [1.54, 1.807) is 12.3 Å². The van der Waals surface area contributed by atoms with Crippen molar-refractivity contribution < 1.29 is 5.11 Å². The molecule has 0 unspecified atom stereocenters. The van der Waals surface area contributed by atoms with Gasteiger partial charge in [-0.25, -0.2) is 4.98 Å². The summed E-state index contributed by atoms with van der Waals surface area (Å²) in [6, 6.07) is 1.79. The van der Waals surface area contributed by atoms with Gasteiger partial charge in [0.05, 0.1) is 5.69 Å². The van der Waals surface area contributed by atoms with E-state index in [4.69, 9.17) is 12.2 Å². The van der Waals surface area contributed by atoms with Crippen molar-refractivity contribution in [1.82, 2.24) is 15.3 Å². The van der Waals surface area contributed by atoms with Crippen molar-refractivity contribution in [2.24, 2.45) is 0 Å². The van der Waals surface area contributed by atoms with Crippen LogP contribution in [0.3, 0.4) is 0 Å². The number of aromatic nitrogens is 2. The van der Waals surface area contributed by atoms with E-state index < -0.39 is 5.60 Å². The first kappa shape index (κ1) is 9.76. The van der Waals surface area contributed by atoms with Gasteiger partial charge in [0, 0.05) is 6.20 Å². The molecule has 0 aliphatic carbocycles. The summed E-state index contributed by atoms with van der Waals surface area (Å²) in [7, 11) is 0. The molecule has 0 spiro atoms. The van der Waals surface area contributed by atoms with Crippen molar-refractivity contribution in [3.63, 3.8) is 0 Å². The topological polar surface area (TPSA) is 60.9 Å². The minimum atomic E-state index is -0.762. The van der Waals surface area contributed by atoms with Gasteiger partial charge >= 0.3 is 0 Å². The van der Waals surface area contributed by atoms with Crippen LogP contribution in [0.5, 0.6) is 0 Å². The van der Waals surface area contributed by atoms with Crippen molar-refractivity contribution in [2.75, 3.05) is 13.1 Å². The van der Waals surface area contributed by atoms with Crippen molar-refractivity contribution in [1.29, 1.82) is 0 Å². The third-order valence-electron chi connectivity index (χ3n) is 2.61. The van der Waals surface area contributed by atoms with E-state index in [-0.39, 0.29) is 0 Å². The van der Waals surface area contributed by atoms with Crippen molar-refractivity contribution in [3.05, 3.63) is 22.7 Å². The number of nitrogens with zero attached hydrogens (tertiary/aromatic N) is 1. The normalized spacial score (nSPS) is 20.6. The zero-order valence-electron chi connectivity index (χ0n) is 7.79. The summed E-state index contributed by atoms with van der Waals surface area (Å²) >= 11 is 4.93. The third-order valence-corrected chi connectivity index (χ3v) is 2.81. The molecule has 76 valence electrons. The molecule has 1 aliphatic rings. The highest BCUT2D eigenvalue weighted by atomic mass is 32.1. The van der Waals surface area contributed by atoms with Gasteiger partial charge in [0.1, 0.15) is 5.60 Å². The minimum absolute atomic E-state index is 0.425. The summed E-state index contributed by atoms with van der Waals surface area (Å²) in [6.45, 7) is 1.67. The molecule has 0 atom stereocenters. The van der Waals surface area contributed by atoms with E-state index in [1.165, 1.54) is 0 Å². The molecule has 2 heterocycles. The fourth-order valence-corrected chi connectivity index (χ4v) is 1.92. The third kappa shape index (κ3) is 1.84. The van der Waals surface area contributed by atoms with Crippen molar-refractivity contribution in [3.8, 4) is 0 Å². The first-order valence-electron chi connectivity index (χ1n) is 4.70.